The second-order valence-corrected chi connectivity index (χ2v) is 5.82. The number of hydrogen-bond acceptors (Lipinski definition) is 2. The molecule has 0 bridgehead atoms. The summed E-state index contributed by atoms with van der Waals surface area (Å²) in [5, 5.41) is 12.8. The number of aromatic nitrogens is 1. The van der Waals surface area contributed by atoms with Crippen LogP contribution in [0, 0.1) is 28.8 Å². The molecule has 2 aromatic carbocycles. The third-order valence-electron chi connectivity index (χ3n) is 4.42. The smallest absolute Gasteiger partial charge is 0.150 e. The Hall–Kier alpha value is -2.78. The van der Waals surface area contributed by atoms with Crippen LogP contribution >= 0.6 is 0 Å². The highest BCUT2D eigenvalue weighted by Gasteiger charge is 2.27. The topological polar surface area (TPSA) is 51.6 Å². The van der Waals surface area contributed by atoms with Crippen molar-refractivity contribution >= 4 is 10.9 Å². The summed E-state index contributed by atoms with van der Waals surface area (Å²) in [5.41, 5.74) is 2.47. The van der Waals surface area contributed by atoms with Gasteiger partial charge in [0.2, 0.25) is 0 Å². The molecule has 0 aliphatic carbocycles. The zero-order chi connectivity index (χ0) is 16.8. The van der Waals surface area contributed by atoms with Gasteiger partial charge in [0.25, 0.3) is 0 Å². The van der Waals surface area contributed by atoms with Gasteiger partial charge in [-0.2, -0.15) is 5.26 Å². The first kappa shape index (κ1) is 14.8. The summed E-state index contributed by atoms with van der Waals surface area (Å²) in [6.07, 6.45) is 0.626. The minimum Gasteiger partial charge on any atom is -0.354 e. The van der Waals surface area contributed by atoms with Crippen molar-refractivity contribution in [2.75, 3.05) is 6.54 Å². The monoisotopic (exact) mass is 327 g/mol. The molecule has 0 saturated heterocycles. The van der Waals surface area contributed by atoms with Crippen molar-refractivity contribution in [3.63, 3.8) is 0 Å². The first-order chi connectivity index (χ1) is 11.6. The number of benzene rings is 2. The Morgan fingerprint density at radius 3 is 2.71 bits per heavy atom. The summed E-state index contributed by atoms with van der Waals surface area (Å²) in [6, 6.07) is 7.96. The molecule has 0 saturated carbocycles. The van der Waals surface area contributed by atoms with Crippen LogP contribution in [0.5, 0.6) is 0 Å². The largest absolute Gasteiger partial charge is 0.354 e. The highest BCUT2D eigenvalue weighted by Crippen LogP contribution is 2.35. The lowest BCUT2D eigenvalue weighted by Crippen LogP contribution is -2.30. The number of nitrogens with zero attached hydrogens (tertiary/aromatic N) is 1. The maximum absolute atomic E-state index is 14.1. The second-order valence-electron chi connectivity index (χ2n) is 5.82. The van der Waals surface area contributed by atoms with E-state index in [4.69, 9.17) is 5.26 Å². The van der Waals surface area contributed by atoms with E-state index in [0.29, 0.717) is 23.9 Å². The van der Waals surface area contributed by atoms with Gasteiger partial charge in [-0.3, -0.25) is 0 Å². The van der Waals surface area contributed by atoms with Crippen LogP contribution in [0.4, 0.5) is 13.2 Å². The van der Waals surface area contributed by atoms with E-state index in [9.17, 15) is 13.2 Å². The van der Waals surface area contributed by atoms with Gasteiger partial charge in [-0.25, -0.2) is 13.2 Å². The Morgan fingerprint density at radius 2 is 1.92 bits per heavy atom. The highest BCUT2D eigenvalue weighted by atomic mass is 19.1. The third-order valence-corrected chi connectivity index (χ3v) is 4.42. The molecule has 6 heteroatoms. The molecule has 0 spiro atoms. The lowest BCUT2D eigenvalue weighted by atomic mass is 9.93. The average molecular weight is 327 g/mol. The van der Waals surface area contributed by atoms with Crippen LogP contribution in [0.25, 0.3) is 10.9 Å². The molecule has 3 nitrogen and oxygen atoms in total. The summed E-state index contributed by atoms with van der Waals surface area (Å²) in [4.78, 5) is 3.03. The van der Waals surface area contributed by atoms with E-state index in [1.54, 1.807) is 6.07 Å². The summed E-state index contributed by atoms with van der Waals surface area (Å²) >= 11 is 0. The third kappa shape index (κ3) is 2.17. The molecule has 0 radical (unpaired) electrons. The number of H-pyrrole nitrogens is 1. The first-order valence-corrected chi connectivity index (χ1v) is 7.51. The number of aromatic amines is 1. The Kier molecular flexibility index (Phi) is 3.32. The van der Waals surface area contributed by atoms with Gasteiger partial charge in [0.05, 0.1) is 17.1 Å². The van der Waals surface area contributed by atoms with E-state index in [2.05, 4.69) is 10.3 Å². The normalized spacial score (nSPS) is 16.8. The standard InChI is InChI=1S/C18H12F3N3/c19-11-6-13-12-3-4-23-16(18(12)24-17(13)15(21)7-11)9-1-2-14(20)10(5-9)8-22/h1-2,5-7,16,23-24H,3-4H2. The number of rotatable bonds is 1. The zero-order valence-corrected chi connectivity index (χ0v) is 12.5. The maximum Gasteiger partial charge on any atom is 0.150 e. The van der Waals surface area contributed by atoms with Gasteiger partial charge in [0, 0.05) is 23.7 Å². The summed E-state index contributed by atoms with van der Waals surface area (Å²) in [5.74, 6) is -1.84. The van der Waals surface area contributed by atoms with E-state index >= 15 is 0 Å². The minimum atomic E-state index is -0.644. The second kappa shape index (κ2) is 5.39. The summed E-state index contributed by atoms with van der Waals surface area (Å²) in [6.45, 7) is 0.613. The highest BCUT2D eigenvalue weighted by molar-refractivity contribution is 5.86. The Labute approximate surface area is 135 Å². The molecule has 1 atom stereocenters. The van der Waals surface area contributed by atoms with Crippen molar-refractivity contribution in [2.45, 2.75) is 12.5 Å². The van der Waals surface area contributed by atoms with Crippen LogP contribution in [-0.2, 0) is 6.42 Å². The van der Waals surface area contributed by atoms with Crippen LogP contribution in [0.1, 0.15) is 28.4 Å². The van der Waals surface area contributed by atoms with Gasteiger partial charge < -0.3 is 10.3 Å². The molecule has 4 rings (SSSR count). The van der Waals surface area contributed by atoms with Crippen LogP contribution in [-0.4, -0.2) is 11.5 Å². The Morgan fingerprint density at radius 1 is 1.08 bits per heavy atom. The molecule has 24 heavy (non-hydrogen) atoms. The maximum atomic E-state index is 14.1. The van der Waals surface area contributed by atoms with Crippen molar-refractivity contribution in [2.24, 2.45) is 0 Å². The number of hydrogen-bond donors (Lipinski definition) is 2. The molecule has 3 aromatic rings. The van der Waals surface area contributed by atoms with Crippen molar-refractivity contribution in [3.05, 3.63) is 70.2 Å². The quantitative estimate of drug-likeness (QED) is 0.716. The average Bonchev–Trinajstić information content (AvgIpc) is 2.94. The van der Waals surface area contributed by atoms with Gasteiger partial charge in [-0.15, -0.1) is 0 Å². The zero-order valence-electron chi connectivity index (χ0n) is 12.5. The summed E-state index contributed by atoms with van der Waals surface area (Å²) < 4.78 is 41.2. The number of nitriles is 1. The van der Waals surface area contributed by atoms with Crippen molar-refractivity contribution in [1.29, 1.82) is 5.26 Å². The van der Waals surface area contributed by atoms with Crippen LogP contribution in [0.2, 0.25) is 0 Å². The lowest BCUT2D eigenvalue weighted by molar-refractivity contribution is 0.557. The van der Waals surface area contributed by atoms with Gasteiger partial charge in [0.15, 0.2) is 0 Å². The van der Waals surface area contributed by atoms with E-state index in [0.717, 1.165) is 17.3 Å². The molecule has 1 aliphatic rings. The van der Waals surface area contributed by atoms with Gasteiger partial charge in [0.1, 0.15) is 23.5 Å². The fourth-order valence-electron chi connectivity index (χ4n) is 3.35. The number of halogens is 3. The predicted octanol–water partition coefficient (Wildman–Crippen LogP) is 3.69. The molecule has 0 amide bonds. The molecule has 0 fully saturated rings. The molecule has 2 N–H and O–H groups in total. The van der Waals surface area contributed by atoms with E-state index < -0.39 is 17.5 Å². The van der Waals surface area contributed by atoms with E-state index in [1.165, 1.54) is 18.2 Å². The molecule has 1 unspecified atom stereocenters. The Balaban J connectivity index is 1.91. The van der Waals surface area contributed by atoms with Gasteiger partial charge >= 0.3 is 0 Å². The van der Waals surface area contributed by atoms with Crippen molar-refractivity contribution < 1.29 is 13.2 Å². The molecule has 1 aliphatic heterocycles. The summed E-state index contributed by atoms with van der Waals surface area (Å²) in [7, 11) is 0. The SMILES string of the molecule is N#Cc1cc(C2NCCc3c2[nH]c2c(F)cc(F)cc32)ccc1F. The van der Waals surface area contributed by atoms with Crippen molar-refractivity contribution in [1.82, 2.24) is 10.3 Å². The molecule has 120 valence electrons. The van der Waals surface area contributed by atoms with Gasteiger partial charge in [-0.1, -0.05) is 6.07 Å². The number of fused-ring (bicyclic) bond motifs is 3. The molecule has 1 aromatic heterocycles. The van der Waals surface area contributed by atoms with E-state index in [1.807, 2.05) is 6.07 Å². The Bertz CT molecular complexity index is 1000. The van der Waals surface area contributed by atoms with Crippen LogP contribution in [0.15, 0.2) is 30.3 Å². The lowest BCUT2D eigenvalue weighted by Gasteiger charge is -2.25. The molecular formula is C18H12F3N3. The van der Waals surface area contributed by atoms with Crippen LogP contribution < -0.4 is 5.32 Å². The first-order valence-electron chi connectivity index (χ1n) is 7.51. The predicted molar refractivity (Wildman–Crippen MR) is 82.9 cm³/mol. The van der Waals surface area contributed by atoms with Gasteiger partial charge in [-0.05, 0) is 35.7 Å². The molecular weight excluding hydrogens is 315 g/mol. The van der Waals surface area contributed by atoms with Crippen molar-refractivity contribution in [3.8, 4) is 6.07 Å². The number of nitrogens with one attached hydrogen (secondary N) is 2. The molecule has 2 heterocycles. The van der Waals surface area contributed by atoms with Crippen LogP contribution in [0.3, 0.4) is 0 Å². The fourth-order valence-corrected chi connectivity index (χ4v) is 3.35. The van der Waals surface area contributed by atoms with E-state index in [-0.39, 0.29) is 17.1 Å². The fraction of sp³-hybridized carbons (Fsp3) is 0.167. The minimum absolute atomic E-state index is 0.0465.